The summed E-state index contributed by atoms with van der Waals surface area (Å²) in [5.74, 6) is -0.432. The van der Waals surface area contributed by atoms with Crippen LogP contribution in [-0.4, -0.2) is 13.1 Å². The van der Waals surface area contributed by atoms with Gasteiger partial charge in [0.15, 0.2) is 5.58 Å². The molecule has 0 N–H and O–H groups in total. The maximum atomic E-state index is 13.7. The van der Waals surface area contributed by atoms with E-state index in [4.69, 9.17) is 4.42 Å². The number of furan rings is 1. The lowest BCUT2D eigenvalue weighted by Crippen LogP contribution is -2.56. The summed E-state index contributed by atoms with van der Waals surface area (Å²) in [4.78, 5) is 4.11. The van der Waals surface area contributed by atoms with Gasteiger partial charge in [-0.25, -0.2) is 4.98 Å². The molecule has 0 radical (unpaired) electrons. The molecule has 0 aliphatic rings. The molecule has 0 unspecified atom stereocenters. The lowest BCUT2D eigenvalue weighted by molar-refractivity contribution is 0.583. The summed E-state index contributed by atoms with van der Waals surface area (Å²) in [6.07, 6.45) is 0. The fourth-order valence-corrected chi connectivity index (χ4v) is 11.6. The third-order valence-corrected chi connectivity index (χ3v) is 12.9. The Morgan fingerprint density at radius 2 is 1.59 bits per heavy atom. The molecule has 2 rings (SSSR count). The van der Waals surface area contributed by atoms with E-state index in [1.807, 2.05) is 6.92 Å². The summed E-state index contributed by atoms with van der Waals surface area (Å²) >= 11 is 2.14. The predicted octanol–water partition coefficient (Wildman–Crippen LogP) is 5.77. The molecule has 5 heteroatoms. The molecular weight excluding hydrogens is 408 g/mol. The van der Waals surface area contributed by atoms with Crippen LogP contribution in [-0.2, 0) is 0 Å². The molecule has 2 aromatic rings. The Morgan fingerprint density at radius 3 is 2.05 bits per heavy atom. The van der Waals surface area contributed by atoms with Gasteiger partial charge >= 0.3 is 0 Å². The van der Waals surface area contributed by atoms with Crippen LogP contribution in [0, 0.1) is 16.4 Å². The van der Waals surface area contributed by atoms with Crippen molar-refractivity contribution in [3.8, 4) is 0 Å². The van der Waals surface area contributed by atoms with Crippen molar-refractivity contribution in [2.24, 2.45) is 0 Å². The minimum atomic E-state index is -1.90. The quantitative estimate of drug-likeness (QED) is 0.348. The van der Waals surface area contributed by atoms with Crippen LogP contribution in [0.5, 0.6) is 0 Å². The Balaban J connectivity index is 2.86. The summed E-state index contributed by atoms with van der Waals surface area (Å²) < 4.78 is 20.9. The highest BCUT2D eigenvalue weighted by Crippen LogP contribution is 2.43. The van der Waals surface area contributed by atoms with Crippen molar-refractivity contribution in [2.45, 2.75) is 65.1 Å². The van der Waals surface area contributed by atoms with Gasteiger partial charge in [-0.05, 0) is 46.1 Å². The zero-order valence-electron chi connectivity index (χ0n) is 14.4. The summed E-state index contributed by atoms with van der Waals surface area (Å²) in [5.41, 5.74) is 4.12. The Morgan fingerprint density at radius 1 is 1.09 bits per heavy atom. The van der Waals surface area contributed by atoms with E-state index in [9.17, 15) is 4.39 Å². The number of aromatic nitrogens is 1. The van der Waals surface area contributed by atoms with Crippen molar-refractivity contribution in [3.05, 3.63) is 21.1 Å². The van der Waals surface area contributed by atoms with Gasteiger partial charge in [0.1, 0.15) is 13.6 Å². The number of hydrogen-bond acceptors (Lipinski definition) is 2. The maximum absolute atomic E-state index is 13.7. The Hall–Kier alpha value is -0.433. The second-order valence-electron chi connectivity index (χ2n) is 7.06. The zero-order valence-corrected chi connectivity index (χ0v) is 17.6. The average Bonchev–Trinajstić information content (AvgIpc) is 2.68. The smallest absolute Gasteiger partial charge is 0.214 e. The first-order valence-corrected chi connectivity index (χ1v) is 11.2. The number of fused-ring (bicyclic) bond motifs is 1. The highest BCUT2D eigenvalue weighted by molar-refractivity contribution is 14.1. The molecule has 0 aliphatic carbocycles. The van der Waals surface area contributed by atoms with Crippen LogP contribution in [0.3, 0.4) is 0 Å². The lowest BCUT2D eigenvalue weighted by Gasteiger charge is -2.41. The summed E-state index contributed by atoms with van der Waals surface area (Å²) in [7, 11) is -1.90. The highest BCUT2D eigenvalue weighted by atomic mass is 127. The summed E-state index contributed by atoms with van der Waals surface area (Å²) in [5, 5.41) is 1.11. The first-order chi connectivity index (χ1) is 10.1. The summed E-state index contributed by atoms with van der Waals surface area (Å²) in [6, 6.07) is 1.44. The number of aryl methyl sites for hydroxylation is 1. The van der Waals surface area contributed by atoms with Gasteiger partial charge in [-0.2, -0.15) is 4.39 Å². The van der Waals surface area contributed by atoms with Crippen LogP contribution < -0.4 is 5.38 Å². The molecule has 0 amide bonds. The number of rotatable bonds is 4. The molecule has 122 valence electrons. The van der Waals surface area contributed by atoms with Crippen molar-refractivity contribution in [1.29, 1.82) is 0 Å². The van der Waals surface area contributed by atoms with E-state index in [-0.39, 0.29) is 0 Å². The van der Waals surface area contributed by atoms with E-state index in [0.717, 1.165) is 20.1 Å². The second-order valence-corrected chi connectivity index (χ2v) is 14.0. The van der Waals surface area contributed by atoms with E-state index in [1.54, 1.807) is 0 Å². The van der Waals surface area contributed by atoms with E-state index in [0.29, 0.717) is 22.1 Å². The predicted molar refractivity (Wildman–Crippen MR) is 102 cm³/mol. The van der Waals surface area contributed by atoms with Crippen molar-refractivity contribution in [2.75, 3.05) is 0 Å². The van der Waals surface area contributed by atoms with E-state index in [1.165, 1.54) is 6.07 Å². The van der Waals surface area contributed by atoms with E-state index >= 15 is 0 Å². The topological polar surface area (TPSA) is 26.0 Å². The monoisotopic (exact) mass is 433 g/mol. The Labute approximate surface area is 147 Å². The molecule has 0 atom stereocenters. The van der Waals surface area contributed by atoms with E-state index < -0.39 is 14.0 Å². The third-order valence-electron chi connectivity index (χ3n) is 5.06. The zero-order chi connectivity index (χ0) is 16.8. The molecule has 0 spiro atoms. The normalized spacial score (nSPS) is 13.1. The van der Waals surface area contributed by atoms with Gasteiger partial charge in [0.2, 0.25) is 5.95 Å². The fraction of sp³-hybridized carbons (Fsp3) is 0.588. The molecule has 2 aromatic heterocycles. The van der Waals surface area contributed by atoms with Crippen molar-refractivity contribution in [1.82, 2.24) is 4.98 Å². The Kier molecular flexibility index (Phi) is 5.07. The molecule has 0 aromatic carbocycles. The van der Waals surface area contributed by atoms with Gasteiger partial charge in [-0.1, -0.05) is 41.5 Å². The maximum Gasteiger partial charge on any atom is 0.214 e. The molecule has 0 bridgehead atoms. The van der Waals surface area contributed by atoms with Crippen LogP contribution in [0.1, 0.15) is 47.1 Å². The van der Waals surface area contributed by atoms with Gasteiger partial charge in [0.25, 0.3) is 0 Å². The van der Waals surface area contributed by atoms with Gasteiger partial charge < -0.3 is 4.42 Å². The van der Waals surface area contributed by atoms with Gasteiger partial charge in [0, 0.05) is 11.6 Å². The number of nitrogens with zero attached hydrogens (tertiary/aromatic N) is 1. The van der Waals surface area contributed by atoms with Crippen LogP contribution in [0.2, 0.25) is 16.6 Å². The third kappa shape index (κ3) is 2.54. The van der Waals surface area contributed by atoms with Crippen LogP contribution in [0.25, 0.3) is 11.1 Å². The molecule has 0 fully saturated rings. The van der Waals surface area contributed by atoms with Crippen LogP contribution >= 0.6 is 22.6 Å². The Bertz CT molecular complexity index is 672. The number of halogens is 2. The molecule has 0 saturated heterocycles. The van der Waals surface area contributed by atoms with Crippen molar-refractivity contribution >= 4 is 47.1 Å². The largest absolute Gasteiger partial charge is 0.463 e. The standard InChI is InChI=1S/C17H25FINOSi/c1-9(2)22(10(3)4,11(5)6)17-12(7)15-16(21-17)13(19)8-14(18)20-15/h8-11H,1-7H3. The average molecular weight is 433 g/mol. The molecule has 0 aliphatic heterocycles. The first kappa shape index (κ1) is 17.9. The molecular formula is C17H25FINOSi. The second kappa shape index (κ2) is 6.22. The van der Waals surface area contributed by atoms with Crippen LogP contribution in [0.15, 0.2) is 10.5 Å². The first-order valence-electron chi connectivity index (χ1n) is 7.89. The number of hydrogen-bond donors (Lipinski definition) is 0. The molecule has 22 heavy (non-hydrogen) atoms. The van der Waals surface area contributed by atoms with Gasteiger partial charge in [-0.15, -0.1) is 0 Å². The van der Waals surface area contributed by atoms with Gasteiger partial charge in [-0.3, -0.25) is 0 Å². The van der Waals surface area contributed by atoms with Gasteiger partial charge in [0.05, 0.1) is 8.95 Å². The lowest BCUT2D eigenvalue weighted by atomic mass is 10.3. The number of pyridine rings is 1. The van der Waals surface area contributed by atoms with Crippen molar-refractivity contribution < 1.29 is 8.81 Å². The molecule has 2 nitrogen and oxygen atoms in total. The minimum Gasteiger partial charge on any atom is -0.463 e. The van der Waals surface area contributed by atoms with E-state index in [2.05, 4.69) is 69.1 Å². The molecule has 2 heterocycles. The summed E-state index contributed by atoms with van der Waals surface area (Å²) in [6.45, 7) is 15.9. The fourth-order valence-electron chi connectivity index (χ4n) is 4.31. The van der Waals surface area contributed by atoms with Crippen LogP contribution in [0.4, 0.5) is 4.39 Å². The highest BCUT2D eigenvalue weighted by Gasteiger charge is 2.48. The molecule has 0 saturated carbocycles. The SMILES string of the molecule is Cc1c([Si](C(C)C)(C(C)C)C(C)C)oc2c(I)cc(F)nc12. The minimum absolute atomic E-state index is 0.432. The van der Waals surface area contributed by atoms with Crippen molar-refractivity contribution in [3.63, 3.8) is 0 Å².